The van der Waals surface area contributed by atoms with Crippen molar-refractivity contribution in [1.82, 2.24) is 0 Å². The summed E-state index contributed by atoms with van der Waals surface area (Å²) < 4.78 is 5.75. The molecule has 0 saturated heterocycles. The lowest BCUT2D eigenvalue weighted by atomic mass is 10.1. The van der Waals surface area contributed by atoms with Crippen LogP contribution in [0.25, 0.3) is 0 Å². The number of benzene rings is 3. The minimum absolute atomic E-state index is 0.160. The number of carboxylic acid groups (broad SMARTS) is 1. The van der Waals surface area contributed by atoms with Gasteiger partial charge in [-0.25, -0.2) is 4.79 Å². The van der Waals surface area contributed by atoms with Gasteiger partial charge in [0.05, 0.1) is 5.56 Å². The Balaban J connectivity index is 1.72. The number of hydrogen-bond donors (Lipinski definition) is 2. The molecule has 0 aromatic heterocycles. The Morgan fingerprint density at radius 1 is 0.963 bits per heavy atom. The molecule has 1 amide bonds. The van der Waals surface area contributed by atoms with Gasteiger partial charge < -0.3 is 15.2 Å². The molecule has 3 aromatic carbocycles. The fourth-order valence-corrected chi connectivity index (χ4v) is 2.67. The van der Waals surface area contributed by atoms with Crippen LogP contribution in [-0.4, -0.2) is 17.0 Å². The maximum Gasteiger partial charge on any atom is 0.336 e. The Labute approximate surface area is 157 Å². The normalized spacial score (nSPS) is 10.3. The van der Waals surface area contributed by atoms with Gasteiger partial charge in [0.2, 0.25) is 0 Å². The summed E-state index contributed by atoms with van der Waals surface area (Å²) >= 11 is 0. The Kier molecular flexibility index (Phi) is 5.52. The minimum Gasteiger partial charge on any atom is -0.489 e. The van der Waals surface area contributed by atoms with E-state index in [1.165, 1.54) is 6.07 Å². The lowest BCUT2D eigenvalue weighted by Crippen LogP contribution is -2.14. The maximum absolute atomic E-state index is 12.6. The summed E-state index contributed by atoms with van der Waals surface area (Å²) in [6.45, 7) is 2.07. The number of carbonyl (C=O) groups is 2. The third-order valence-corrected chi connectivity index (χ3v) is 4.16. The number of nitrogens with one attached hydrogen (secondary N) is 1. The number of aromatic carboxylic acids is 1. The van der Waals surface area contributed by atoms with Gasteiger partial charge in [-0.1, -0.05) is 42.5 Å². The average Bonchev–Trinajstić information content (AvgIpc) is 2.69. The monoisotopic (exact) mass is 361 g/mol. The van der Waals surface area contributed by atoms with E-state index in [-0.39, 0.29) is 11.5 Å². The molecule has 0 heterocycles. The van der Waals surface area contributed by atoms with E-state index in [0.29, 0.717) is 29.2 Å². The minimum atomic E-state index is -1.03. The number of ether oxygens (including phenoxy) is 1. The van der Waals surface area contributed by atoms with Gasteiger partial charge in [-0.2, -0.15) is 0 Å². The van der Waals surface area contributed by atoms with Crippen LogP contribution in [0.15, 0.2) is 72.8 Å². The molecule has 3 rings (SSSR count). The van der Waals surface area contributed by atoms with Crippen LogP contribution < -0.4 is 10.1 Å². The standard InChI is InChI=1S/C22H19NO4/c1-15-19(22(25)26)11-6-12-20(15)23-21(24)17-9-5-10-18(13-17)27-14-16-7-3-2-4-8-16/h2-13H,14H2,1H3,(H,23,24)(H,25,26). The van der Waals surface area contributed by atoms with Crippen LogP contribution >= 0.6 is 0 Å². The fourth-order valence-electron chi connectivity index (χ4n) is 2.67. The average molecular weight is 361 g/mol. The van der Waals surface area contributed by atoms with E-state index in [0.717, 1.165) is 5.56 Å². The summed E-state index contributed by atoms with van der Waals surface area (Å²) in [6.07, 6.45) is 0. The molecule has 0 aliphatic carbocycles. The summed E-state index contributed by atoms with van der Waals surface area (Å²) in [5, 5.41) is 12.0. The van der Waals surface area contributed by atoms with Crippen LogP contribution in [0.2, 0.25) is 0 Å². The number of amides is 1. The molecule has 5 heteroatoms. The molecule has 0 atom stereocenters. The van der Waals surface area contributed by atoms with Gasteiger partial charge in [-0.05, 0) is 48.4 Å². The highest BCUT2D eigenvalue weighted by Gasteiger charge is 2.13. The fraction of sp³-hybridized carbons (Fsp3) is 0.0909. The molecule has 3 aromatic rings. The summed E-state index contributed by atoms with van der Waals surface area (Å²) in [6, 6.07) is 21.4. The van der Waals surface area contributed by atoms with E-state index >= 15 is 0 Å². The summed E-state index contributed by atoms with van der Waals surface area (Å²) in [7, 11) is 0. The molecule has 27 heavy (non-hydrogen) atoms. The second kappa shape index (κ2) is 8.19. The Morgan fingerprint density at radius 2 is 1.70 bits per heavy atom. The topological polar surface area (TPSA) is 75.6 Å². The van der Waals surface area contributed by atoms with E-state index in [4.69, 9.17) is 4.74 Å². The van der Waals surface area contributed by atoms with Crippen LogP contribution in [0.3, 0.4) is 0 Å². The predicted octanol–water partition coefficient (Wildman–Crippen LogP) is 4.52. The zero-order chi connectivity index (χ0) is 19.2. The molecule has 2 N–H and O–H groups in total. The molecule has 0 unspecified atom stereocenters. The van der Waals surface area contributed by atoms with Crippen LogP contribution in [0.5, 0.6) is 5.75 Å². The van der Waals surface area contributed by atoms with E-state index in [1.807, 2.05) is 30.3 Å². The van der Waals surface area contributed by atoms with Crippen LogP contribution in [0, 0.1) is 6.92 Å². The van der Waals surface area contributed by atoms with Crippen molar-refractivity contribution < 1.29 is 19.4 Å². The first-order valence-corrected chi connectivity index (χ1v) is 8.45. The van der Waals surface area contributed by atoms with Crippen molar-refractivity contribution >= 4 is 17.6 Å². The Bertz CT molecular complexity index is 967. The zero-order valence-electron chi connectivity index (χ0n) is 14.8. The first kappa shape index (κ1) is 18.2. The third kappa shape index (κ3) is 4.52. The molecular weight excluding hydrogens is 342 g/mol. The molecule has 136 valence electrons. The van der Waals surface area contributed by atoms with Crippen LogP contribution in [0.4, 0.5) is 5.69 Å². The second-order valence-electron chi connectivity index (χ2n) is 6.04. The molecule has 0 bridgehead atoms. The number of carbonyl (C=O) groups excluding carboxylic acids is 1. The van der Waals surface area contributed by atoms with E-state index in [1.54, 1.807) is 43.3 Å². The highest BCUT2D eigenvalue weighted by atomic mass is 16.5. The van der Waals surface area contributed by atoms with Gasteiger partial charge >= 0.3 is 5.97 Å². The second-order valence-corrected chi connectivity index (χ2v) is 6.04. The van der Waals surface area contributed by atoms with Crippen molar-refractivity contribution in [1.29, 1.82) is 0 Å². The molecule has 0 saturated carbocycles. The highest BCUT2D eigenvalue weighted by molar-refractivity contribution is 6.05. The molecule has 0 aliphatic rings. The predicted molar refractivity (Wildman–Crippen MR) is 103 cm³/mol. The van der Waals surface area contributed by atoms with Crippen LogP contribution in [-0.2, 0) is 6.61 Å². The van der Waals surface area contributed by atoms with Crippen molar-refractivity contribution in [2.45, 2.75) is 13.5 Å². The first-order chi connectivity index (χ1) is 13.0. The largest absolute Gasteiger partial charge is 0.489 e. The van der Waals surface area contributed by atoms with E-state index in [9.17, 15) is 14.7 Å². The molecule has 0 aliphatic heterocycles. The number of hydrogen-bond acceptors (Lipinski definition) is 3. The molecule has 0 radical (unpaired) electrons. The summed E-state index contributed by atoms with van der Waals surface area (Å²) in [4.78, 5) is 23.8. The number of carboxylic acids is 1. The Hall–Kier alpha value is -3.60. The highest BCUT2D eigenvalue weighted by Crippen LogP contribution is 2.21. The van der Waals surface area contributed by atoms with Crippen molar-refractivity contribution in [2.24, 2.45) is 0 Å². The van der Waals surface area contributed by atoms with E-state index in [2.05, 4.69) is 5.32 Å². The van der Waals surface area contributed by atoms with Crippen molar-refractivity contribution in [3.63, 3.8) is 0 Å². The molecule has 5 nitrogen and oxygen atoms in total. The molecular formula is C22H19NO4. The van der Waals surface area contributed by atoms with Crippen molar-refractivity contribution in [3.8, 4) is 5.75 Å². The Morgan fingerprint density at radius 3 is 2.44 bits per heavy atom. The van der Waals surface area contributed by atoms with E-state index < -0.39 is 5.97 Å². The third-order valence-electron chi connectivity index (χ3n) is 4.16. The van der Waals surface area contributed by atoms with Gasteiger partial charge in [-0.3, -0.25) is 4.79 Å². The van der Waals surface area contributed by atoms with Crippen molar-refractivity contribution in [3.05, 3.63) is 95.1 Å². The summed E-state index contributed by atoms with van der Waals surface area (Å²) in [5.41, 5.74) is 2.60. The van der Waals surface area contributed by atoms with Gasteiger partial charge in [0.25, 0.3) is 5.91 Å². The molecule has 0 spiro atoms. The van der Waals surface area contributed by atoms with Gasteiger partial charge in [-0.15, -0.1) is 0 Å². The van der Waals surface area contributed by atoms with Crippen molar-refractivity contribution in [2.75, 3.05) is 5.32 Å². The SMILES string of the molecule is Cc1c(NC(=O)c2cccc(OCc3ccccc3)c2)cccc1C(=O)O. The lowest BCUT2D eigenvalue weighted by molar-refractivity contribution is 0.0695. The maximum atomic E-state index is 12.6. The van der Waals surface area contributed by atoms with Gasteiger partial charge in [0.1, 0.15) is 12.4 Å². The number of anilines is 1. The van der Waals surface area contributed by atoms with Gasteiger partial charge in [0.15, 0.2) is 0 Å². The van der Waals surface area contributed by atoms with Crippen LogP contribution in [0.1, 0.15) is 31.8 Å². The summed E-state index contributed by atoms with van der Waals surface area (Å²) in [5.74, 6) is -0.770. The first-order valence-electron chi connectivity index (χ1n) is 8.45. The molecule has 0 fully saturated rings. The quantitative estimate of drug-likeness (QED) is 0.677. The smallest absolute Gasteiger partial charge is 0.336 e. The zero-order valence-corrected chi connectivity index (χ0v) is 14.8. The number of rotatable bonds is 6. The lowest BCUT2D eigenvalue weighted by Gasteiger charge is -2.11. The van der Waals surface area contributed by atoms with Gasteiger partial charge in [0, 0.05) is 11.3 Å².